The fourth-order valence-electron chi connectivity index (χ4n) is 2.31. The minimum atomic E-state index is 0.551. The van der Waals surface area contributed by atoms with Crippen LogP contribution in [0.3, 0.4) is 0 Å². The molecule has 0 spiro atoms. The van der Waals surface area contributed by atoms with Crippen molar-refractivity contribution in [3.05, 3.63) is 10.6 Å². The molecule has 3 nitrogen and oxygen atoms in total. The molecule has 4 heteroatoms. The fraction of sp³-hybridized carbons (Fsp3) is 0.800. The number of rotatable bonds is 7. The number of aromatic nitrogens is 1. The Morgan fingerprint density at radius 1 is 1.32 bits per heavy atom. The Hall–Kier alpha value is -0.610. The second-order valence-corrected chi connectivity index (χ2v) is 7.41. The number of anilines is 1. The highest BCUT2D eigenvalue weighted by Gasteiger charge is 2.27. The largest absolute Gasteiger partial charge is 0.345 e. The van der Waals surface area contributed by atoms with Gasteiger partial charge in [0.05, 0.1) is 5.69 Å². The summed E-state index contributed by atoms with van der Waals surface area (Å²) < 4.78 is 0. The van der Waals surface area contributed by atoms with Gasteiger partial charge in [0.25, 0.3) is 0 Å². The third-order valence-electron chi connectivity index (χ3n) is 4.03. The third kappa shape index (κ3) is 3.48. The van der Waals surface area contributed by atoms with Crippen LogP contribution in [0.25, 0.3) is 0 Å². The molecule has 19 heavy (non-hydrogen) atoms. The van der Waals surface area contributed by atoms with E-state index in [2.05, 4.69) is 31.0 Å². The zero-order valence-electron chi connectivity index (χ0n) is 12.3. The first-order valence-corrected chi connectivity index (χ1v) is 8.41. The van der Waals surface area contributed by atoms with E-state index in [0.717, 1.165) is 18.5 Å². The van der Waals surface area contributed by atoms with E-state index in [1.807, 2.05) is 11.3 Å². The van der Waals surface area contributed by atoms with E-state index >= 15 is 0 Å². The Morgan fingerprint density at radius 2 is 2.05 bits per heavy atom. The van der Waals surface area contributed by atoms with Crippen LogP contribution in [0.2, 0.25) is 0 Å². The summed E-state index contributed by atoms with van der Waals surface area (Å²) in [6.45, 7) is 8.91. The molecule has 1 aromatic rings. The summed E-state index contributed by atoms with van der Waals surface area (Å²) in [6.07, 6.45) is 5.52. The molecule has 0 radical (unpaired) electrons. The Balaban J connectivity index is 1.68. The molecule has 1 heterocycles. The van der Waals surface area contributed by atoms with Crippen LogP contribution in [-0.4, -0.2) is 23.6 Å². The van der Waals surface area contributed by atoms with Crippen molar-refractivity contribution in [2.45, 2.75) is 65.1 Å². The fourth-order valence-corrected chi connectivity index (χ4v) is 3.47. The molecular weight excluding hydrogens is 254 g/mol. The number of hydrogen-bond acceptors (Lipinski definition) is 4. The minimum Gasteiger partial charge on any atom is -0.345 e. The van der Waals surface area contributed by atoms with Gasteiger partial charge in [0.1, 0.15) is 0 Å². The van der Waals surface area contributed by atoms with Crippen LogP contribution in [0.1, 0.15) is 50.1 Å². The second-order valence-electron chi connectivity index (χ2n) is 6.35. The van der Waals surface area contributed by atoms with Crippen LogP contribution < -0.4 is 10.2 Å². The normalized spacial score (nSPS) is 19.2. The summed E-state index contributed by atoms with van der Waals surface area (Å²) in [4.78, 5) is 8.73. The molecule has 1 aromatic heterocycles. The van der Waals surface area contributed by atoms with Gasteiger partial charge in [-0.3, -0.25) is 0 Å². The van der Waals surface area contributed by atoms with Gasteiger partial charge in [-0.2, -0.15) is 0 Å². The van der Waals surface area contributed by atoms with E-state index in [9.17, 15) is 0 Å². The van der Waals surface area contributed by atoms with E-state index in [1.165, 1.54) is 47.9 Å². The van der Waals surface area contributed by atoms with E-state index in [0.29, 0.717) is 6.04 Å². The summed E-state index contributed by atoms with van der Waals surface area (Å²) in [5.41, 5.74) is 1.22. The third-order valence-corrected chi connectivity index (χ3v) is 5.23. The molecule has 106 valence electrons. The maximum Gasteiger partial charge on any atom is 0.186 e. The average Bonchev–Trinajstić information content (AvgIpc) is 3.25. The first-order valence-electron chi connectivity index (χ1n) is 7.60. The van der Waals surface area contributed by atoms with Crippen LogP contribution in [0.15, 0.2) is 0 Å². The van der Waals surface area contributed by atoms with Crippen LogP contribution in [0, 0.1) is 12.8 Å². The van der Waals surface area contributed by atoms with Crippen molar-refractivity contribution < 1.29 is 0 Å². The van der Waals surface area contributed by atoms with Gasteiger partial charge in [0, 0.05) is 30.1 Å². The number of hydrogen-bond donors (Lipinski definition) is 1. The lowest BCUT2D eigenvalue weighted by Crippen LogP contribution is -2.32. The smallest absolute Gasteiger partial charge is 0.186 e. The summed E-state index contributed by atoms with van der Waals surface area (Å²) in [5, 5.41) is 4.83. The lowest BCUT2D eigenvalue weighted by Gasteiger charge is -2.26. The maximum absolute atomic E-state index is 4.82. The molecule has 3 rings (SSSR count). The van der Waals surface area contributed by atoms with Crippen molar-refractivity contribution in [2.24, 2.45) is 5.92 Å². The van der Waals surface area contributed by atoms with Gasteiger partial charge < -0.3 is 10.2 Å². The van der Waals surface area contributed by atoms with Crippen molar-refractivity contribution in [1.82, 2.24) is 10.3 Å². The predicted molar refractivity (Wildman–Crippen MR) is 81.9 cm³/mol. The highest BCUT2D eigenvalue weighted by atomic mass is 32.1. The van der Waals surface area contributed by atoms with Crippen molar-refractivity contribution in [2.75, 3.05) is 11.4 Å². The predicted octanol–water partition coefficient (Wildman–Crippen LogP) is 3.33. The number of nitrogens with one attached hydrogen (secondary N) is 1. The number of nitrogens with zero attached hydrogens (tertiary/aromatic N) is 2. The molecule has 0 amide bonds. The van der Waals surface area contributed by atoms with Gasteiger partial charge in [-0.05, 0) is 52.4 Å². The molecule has 0 saturated heterocycles. The van der Waals surface area contributed by atoms with Crippen molar-refractivity contribution in [3.8, 4) is 0 Å². The van der Waals surface area contributed by atoms with Crippen molar-refractivity contribution in [3.63, 3.8) is 0 Å². The molecule has 0 aromatic carbocycles. The van der Waals surface area contributed by atoms with Gasteiger partial charge in [-0.15, -0.1) is 11.3 Å². The van der Waals surface area contributed by atoms with Crippen LogP contribution in [0.5, 0.6) is 0 Å². The van der Waals surface area contributed by atoms with E-state index in [1.54, 1.807) is 0 Å². The molecule has 2 aliphatic rings. The summed E-state index contributed by atoms with van der Waals surface area (Å²) in [5.74, 6) is 0.916. The number of thiazole rings is 1. The zero-order chi connectivity index (χ0) is 13.4. The highest BCUT2D eigenvalue weighted by molar-refractivity contribution is 7.15. The second kappa shape index (κ2) is 5.41. The van der Waals surface area contributed by atoms with Crippen molar-refractivity contribution in [1.29, 1.82) is 0 Å². The van der Waals surface area contributed by atoms with E-state index in [-0.39, 0.29) is 0 Å². The topological polar surface area (TPSA) is 28.2 Å². The van der Waals surface area contributed by atoms with E-state index < -0.39 is 0 Å². The van der Waals surface area contributed by atoms with Gasteiger partial charge in [0.15, 0.2) is 5.13 Å². The number of aryl methyl sites for hydroxylation is 1. The van der Waals surface area contributed by atoms with Crippen LogP contribution in [-0.2, 0) is 6.54 Å². The molecule has 0 bridgehead atoms. The zero-order valence-corrected chi connectivity index (χ0v) is 13.1. The quantitative estimate of drug-likeness (QED) is 0.830. The van der Waals surface area contributed by atoms with Gasteiger partial charge in [-0.25, -0.2) is 4.98 Å². The Labute approximate surface area is 120 Å². The maximum atomic E-state index is 4.82. The Kier molecular flexibility index (Phi) is 3.81. The van der Waals surface area contributed by atoms with Gasteiger partial charge in [-0.1, -0.05) is 0 Å². The molecule has 0 unspecified atom stereocenters. The molecule has 1 N–H and O–H groups in total. The Bertz CT molecular complexity index is 433. The lowest BCUT2D eigenvalue weighted by atomic mass is 10.3. The first-order chi connectivity index (χ1) is 9.13. The van der Waals surface area contributed by atoms with Crippen LogP contribution >= 0.6 is 11.3 Å². The molecule has 2 aliphatic carbocycles. The highest BCUT2D eigenvalue weighted by Crippen LogP contribution is 2.34. The standard InChI is InChI=1S/C15H25N3S/c1-10(2)18(9-12-4-5-12)15-17-11(3)14(19-15)8-16-13-6-7-13/h10,12-13,16H,4-9H2,1-3H3. The van der Waals surface area contributed by atoms with Gasteiger partial charge >= 0.3 is 0 Å². The summed E-state index contributed by atoms with van der Waals surface area (Å²) >= 11 is 1.89. The summed E-state index contributed by atoms with van der Waals surface area (Å²) in [6, 6.07) is 1.33. The average molecular weight is 279 g/mol. The minimum absolute atomic E-state index is 0.551. The molecular formula is C15H25N3S. The molecule has 0 atom stereocenters. The SMILES string of the molecule is Cc1nc(N(CC2CC2)C(C)C)sc1CNC1CC1. The molecule has 2 saturated carbocycles. The van der Waals surface area contributed by atoms with Crippen molar-refractivity contribution >= 4 is 16.5 Å². The Morgan fingerprint density at radius 3 is 2.63 bits per heavy atom. The van der Waals surface area contributed by atoms with Gasteiger partial charge in [0.2, 0.25) is 0 Å². The molecule has 0 aliphatic heterocycles. The van der Waals surface area contributed by atoms with Crippen LogP contribution in [0.4, 0.5) is 5.13 Å². The lowest BCUT2D eigenvalue weighted by molar-refractivity contribution is 0.642. The monoisotopic (exact) mass is 279 g/mol. The summed E-state index contributed by atoms with van der Waals surface area (Å²) in [7, 11) is 0. The van der Waals surface area contributed by atoms with E-state index in [4.69, 9.17) is 4.98 Å². The molecule has 2 fully saturated rings. The first kappa shape index (κ1) is 13.4.